The van der Waals surface area contributed by atoms with E-state index in [4.69, 9.17) is 0 Å². The second-order valence-electron chi connectivity index (χ2n) is 8.95. The lowest BCUT2D eigenvalue weighted by molar-refractivity contribution is -0.116. The third kappa shape index (κ3) is 5.00. The van der Waals surface area contributed by atoms with Crippen molar-refractivity contribution in [1.82, 2.24) is 14.5 Å². The van der Waals surface area contributed by atoms with E-state index in [1.165, 1.54) is 27.8 Å². The summed E-state index contributed by atoms with van der Waals surface area (Å²) in [6.07, 6.45) is 5.70. The minimum absolute atomic E-state index is 0.0223. The molecule has 0 unspecified atom stereocenters. The molecule has 2 amide bonds. The van der Waals surface area contributed by atoms with Crippen molar-refractivity contribution in [3.63, 3.8) is 0 Å². The highest BCUT2D eigenvalue weighted by molar-refractivity contribution is 7.20. The smallest absolute Gasteiger partial charge is 0.264 e. The van der Waals surface area contributed by atoms with Crippen LogP contribution in [0.1, 0.15) is 66.2 Å². The fourth-order valence-electron chi connectivity index (χ4n) is 4.20. The lowest BCUT2D eigenvalue weighted by Crippen LogP contribution is -2.31. The number of anilines is 1. The number of hydrogen-bond donors (Lipinski definition) is 1. The van der Waals surface area contributed by atoms with Gasteiger partial charge in [0.15, 0.2) is 0 Å². The quantitative estimate of drug-likeness (QED) is 0.598. The zero-order chi connectivity index (χ0) is 23.5. The first-order valence-corrected chi connectivity index (χ1v) is 12.3. The highest BCUT2D eigenvalue weighted by Gasteiger charge is 2.24. The zero-order valence-corrected chi connectivity index (χ0v) is 20.2. The first-order chi connectivity index (χ1) is 15.8. The van der Waals surface area contributed by atoms with Crippen molar-refractivity contribution in [3.05, 3.63) is 57.0 Å². The van der Waals surface area contributed by atoms with Crippen LogP contribution < -0.4 is 10.9 Å². The number of carbonyl (C=O) groups is 2. The third-order valence-corrected chi connectivity index (χ3v) is 7.37. The first kappa shape index (κ1) is 23.2. The van der Waals surface area contributed by atoms with Crippen molar-refractivity contribution < 1.29 is 9.59 Å². The number of hydrogen-bond acceptors (Lipinski definition) is 5. The molecule has 33 heavy (non-hydrogen) atoms. The van der Waals surface area contributed by atoms with Gasteiger partial charge in [-0.2, -0.15) is 0 Å². The van der Waals surface area contributed by atoms with Crippen LogP contribution in [0, 0.1) is 6.92 Å². The summed E-state index contributed by atoms with van der Waals surface area (Å²) in [4.78, 5) is 46.2. The number of aryl methyl sites for hydroxylation is 1. The number of aromatic nitrogens is 2. The van der Waals surface area contributed by atoms with Gasteiger partial charge in [0.05, 0.1) is 16.6 Å². The van der Waals surface area contributed by atoms with Crippen LogP contribution in [0.4, 0.5) is 5.69 Å². The second-order valence-corrected chi connectivity index (χ2v) is 9.94. The molecular weight excluding hydrogens is 436 g/mol. The van der Waals surface area contributed by atoms with E-state index in [0.717, 1.165) is 38.8 Å². The van der Waals surface area contributed by atoms with Gasteiger partial charge in [0.1, 0.15) is 11.4 Å². The Kier molecular flexibility index (Phi) is 6.93. The fourth-order valence-corrected chi connectivity index (χ4v) is 5.31. The number of rotatable bonds is 5. The summed E-state index contributed by atoms with van der Waals surface area (Å²) in [5.74, 6) is 0.0892. The highest BCUT2D eigenvalue weighted by Crippen LogP contribution is 2.28. The van der Waals surface area contributed by atoms with E-state index in [-0.39, 0.29) is 23.9 Å². The first-order valence-electron chi connectivity index (χ1n) is 11.5. The molecule has 174 valence electrons. The van der Waals surface area contributed by atoms with Crippen LogP contribution in [0.5, 0.6) is 0 Å². The summed E-state index contributed by atoms with van der Waals surface area (Å²) in [5, 5.41) is 3.26. The average Bonchev–Trinajstić information content (AvgIpc) is 2.95. The van der Waals surface area contributed by atoms with E-state index in [9.17, 15) is 14.4 Å². The Morgan fingerprint density at radius 3 is 2.39 bits per heavy atom. The van der Waals surface area contributed by atoms with Crippen molar-refractivity contribution in [2.24, 2.45) is 0 Å². The molecule has 0 saturated carbocycles. The number of nitrogens with zero attached hydrogens (tertiary/aromatic N) is 3. The van der Waals surface area contributed by atoms with Gasteiger partial charge in [-0.05, 0) is 48.9 Å². The van der Waals surface area contributed by atoms with Crippen molar-refractivity contribution in [2.45, 2.75) is 58.9 Å². The molecular formula is C25H30N4O3S. The zero-order valence-electron chi connectivity index (χ0n) is 19.4. The Balaban J connectivity index is 1.54. The number of thiophene rings is 1. The Bertz CT molecular complexity index is 1220. The Hall–Kier alpha value is -3.00. The van der Waals surface area contributed by atoms with E-state index in [0.29, 0.717) is 32.3 Å². The van der Waals surface area contributed by atoms with E-state index < -0.39 is 0 Å². The molecule has 7 nitrogen and oxygen atoms in total. The lowest BCUT2D eigenvalue weighted by Gasteiger charge is -2.19. The predicted molar refractivity (Wildman–Crippen MR) is 132 cm³/mol. The summed E-state index contributed by atoms with van der Waals surface area (Å²) in [7, 11) is 0. The Morgan fingerprint density at radius 2 is 1.76 bits per heavy atom. The molecule has 0 spiro atoms. The van der Waals surface area contributed by atoms with Gasteiger partial charge in [-0.25, -0.2) is 4.98 Å². The van der Waals surface area contributed by atoms with E-state index in [1.54, 1.807) is 6.92 Å². The monoisotopic (exact) mass is 466 g/mol. The molecule has 0 aliphatic carbocycles. The average molecular weight is 467 g/mol. The van der Waals surface area contributed by atoms with Gasteiger partial charge in [0.25, 0.3) is 11.5 Å². The topological polar surface area (TPSA) is 84.3 Å². The van der Waals surface area contributed by atoms with Crippen molar-refractivity contribution in [3.8, 4) is 0 Å². The number of amides is 2. The van der Waals surface area contributed by atoms with E-state index in [2.05, 4.69) is 24.1 Å². The minimum Gasteiger partial charge on any atom is -0.338 e. The van der Waals surface area contributed by atoms with Crippen molar-refractivity contribution in [2.75, 3.05) is 18.4 Å². The molecule has 3 heterocycles. The molecule has 3 aromatic rings. The van der Waals surface area contributed by atoms with Crippen LogP contribution in [0.2, 0.25) is 0 Å². The molecule has 2 aromatic heterocycles. The lowest BCUT2D eigenvalue weighted by atomic mass is 10.0. The molecule has 1 aliphatic rings. The van der Waals surface area contributed by atoms with E-state index in [1.807, 2.05) is 29.2 Å². The maximum atomic E-state index is 13.1. The summed E-state index contributed by atoms with van der Waals surface area (Å²) >= 11 is 1.26. The second kappa shape index (κ2) is 9.87. The van der Waals surface area contributed by atoms with Crippen molar-refractivity contribution in [1.29, 1.82) is 0 Å². The van der Waals surface area contributed by atoms with Gasteiger partial charge >= 0.3 is 0 Å². The van der Waals surface area contributed by atoms with Crippen LogP contribution in [0.15, 0.2) is 35.4 Å². The molecule has 1 saturated heterocycles. The fraction of sp³-hybridized carbons (Fsp3) is 0.440. The number of carbonyl (C=O) groups excluding carboxylic acids is 2. The SMILES string of the molecule is Cc1c(C(=O)N2CCCCCC2)sc2ncn(CC(=O)Nc3ccc(C(C)C)cc3)c(=O)c12. The third-order valence-electron chi connectivity index (χ3n) is 6.18. The maximum absolute atomic E-state index is 13.1. The molecule has 0 bridgehead atoms. The molecule has 1 aromatic carbocycles. The van der Waals surface area contributed by atoms with Crippen LogP contribution >= 0.6 is 11.3 Å². The van der Waals surface area contributed by atoms with Gasteiger partial charge in [-0.3, -0.25) is 19.0 Å². The number of fused-ring (bicyclic) bond motifs is 1. The molecule has 0 radical (unpaired) electrons. The number of nitrogens with one attached hydrogen (secondary N) is 1. The van der Waals surface area contributed by atoms with Crippen LogP contribution in [0.3, 0.4) is 0 Å². The summed E-state index contributed by atoms with van der Waals surface area (Å²) < 4.78 is 1.31. The van der Waals surface area contributed by atoms with Crippen LogP contribution in [-0.4, -0.2) is 39.4 Å². The molecule has 1 N–H and O–H groups in total. The molecule has 1 fully saturated rings. The largest absolute Gasteiger partial charge is 0.338 e. The molecule has 4 rings (SSSR count). The molecule has 8 heteroatoms. The number of likely N-dealkylation sites (tertiary alicyclic amines) is 1. The van der Waals surface area contributed by atoms with E-state index >= 15 is 0 Å². The predicted octanol–water partition coefficient (Wildman–Crippen LogP) is 4.54. The normalized spacial score (nSPS) is 14.5. The van der Waals surface area contributed by atoms with Gasteiger partial charge < -0.3 is 10.2 Å². The van der Waals surface area contributed by atoms with Crippen LogP contribution in [0.25, 0.3) is 10.2 Å². The summed E-state index contributed by atoms with van der Waals surface area (Å²) in [6, 6.07) is 7.69. The Morgan fingerprint density at radius 1 is 1.09 bits per heavy atom. The van der Waals surface area contributed by atoms with Gasteiger partial charge in [0, 0.05) is 18.8 Å². The maximum Gasteiger partial charge on any atom is 0.264 e. The molecule has 1 aliphatic heterocycles. The van der Waals surface area contributed by atoms with Crippen LogP contribution in [-0.2, 0) is 11.3 Å². The van der Waals surface area contributed by atoms with Crippen molar-refractivity contribution >= 4 is 39.1 Å². The van der Waals surface area contributed by atoms with Gasteiger partial charge in [-0.1, -0.05) is 38.8 Å². The summed E-state index contributed by atoms with van der Waals surface area (Å²) in [5.41, 5.74) is 2.23. The summed E-state index contributed by atoms with van der Waals surface area (Å²) in [6.45, 7) is 7.39. The minimum atomic E-state index is -0.302. The Labute approximate surface area is 197 Å². The molecule has 0 atom stereocenters. The standard InChI is InChI=1S/C25H30N4O3S/c1-16(2)18-8-10-19(11-9-18)27-20(30)14-29-15-26-23-21(24(29)31)17(3)22(33-23)25(32)28-12-6-4-5-7-13-28/h8-11,15-16H,4-7,12-14H2,1-3H3,(H,27,30). The number of benzene rings is 1. The highest BCUT2D eigenvalue weighted by atomic mass is 32.1. The van der Waals surface area contributed by atoms with Gasteiger partial charge in [0.2, 0.25) is 5.91 Å². The van der Waals surface area contributed by atoms with Gasteiger partial charge in [-0.15, -0.1) is 11.3 Å².